The minimum absolute atomic E-state index is 0.0867. The lowest BCUT2D eigenvalue weighted by molar-refractivity contribution is -0.114. The Balaban J connectivity index is 2.69. The highest BCUT2D eigenvalue weighted by Gasteiger charge is 2.37. The van der Waals surface area contributed by atoms with Crippen LogP contribution in [0.1, 0.15) is 33.6 Å². The van der Waals surface area contributed by atoms with Crippen LogP contribution in [-0.2, 0) is 4.74 Å². The number of allylic oxidation sites excluding steroid dienone is 2. The molecular weight excluding hydrogens is 162 g/mol. The highest BCUT2D eigenvalue weighted by molar-refractivity contribution is 5.27. The van der Waals surface area contributed by atoms with Crippen molar-refractivity contribution in [2.24, 2.45) is 5.92 Å². The summed E-state index contributed by atoms with van der Waals surface area (Å²) in [6.45, 7) is 6.58. The fourth-order valence-corrected chi connectivity index (χ4v) is 2.01. The van der Waals surface area contributed by atoms with Crippen LogP contribution < -0.4 is 0 Å². The fourth-order valence-electron chi connectivity index (χ4n) is 2.01. The number of hydrogen-bond donors (Lipinski definition) is 0. The van der Waals surface area contributed by atoms with Crippen molar-refractivity contribution < 1.29 is 4.74 Å². The first-order valence-electron chi connectivity index (χ1n) is 5.12. The van der Waals surface area contributed by atoms with Crippen molar-refractivity contribution in [2.75, 3.05) is 14.2 Å². The normalized spacial score (nSPS) is 21.3. The van der Waals surface area contributed by atoms with Gasteiger partial charge in [0.05, 0.1) is 0 Å². The van der Waals surface area contributed by atoms with E-state index in [0.29, 0.717) is 5.92 Å². The van der Waals surface area contributed by atoms with Gasteiger partial charge in [-0.3, -0.25) is 0 Å². The number of ether oxygens (including phenoxy) is 1. The van der Waals surface area contributed by atoms with Crippen LogP contribution in [0.25, 0.3) is 0 Å². The van der Waals surface area contributed by atoms with Crippen LogP contribution in [0.2, 0.25) is 0 Å². The molecule has 13 heavy (non-hydrogen) atoms. The van der Waals surface area contributed by atoms with E-state index < -0.39 is 0 Å². The van der Waals surface area contributed by atoms with Gasteiger partial charge in [-0.05, 0) is 12.8 Å². The van der Waals surface area contributed by atoms with Crippen LogP contribution in [0.4, 0.5) is 0 Å². The van der Waals surface area contributed by atoms with Gasteiger partial charge in [0, 0.05) is 25.8 Å². The van der Waals surface area contributed by atoms with Gasteiger partial charge < -0.3 is 9.64 Å². The fraction of sp³-hybridized carbons (Fsp3) is 0.818. The molecule has 1 aliphatic carbocycles. The number of nitrogens with zero attached hydrogens (tertiary/aromatic N) is 1. The Morgan fingerprint density at radius 2 is 1.92 bits per heavy atom. The van der Waals surface area contributed by atoms with Gasteiger partial charge in [0.15, 0.2) is 0 Å². The van der Waals surface area contributed by atoms with E-state index in [0.717, 1.165) is 12.8 Å². The Hall–Kier alpha value is -0.500. The predicted molar refractivity (Wildman–Crippen MR) is 55.3 cm³/mol. The van der Waals surface area contributed by atoms with Crippen molar-refractivity contribution in [1.82, 2.24) is 4.90 Å². The quantitative estimate of drug-likeness (QED) is 0.607. The molecule has 1 rings (SSSR count). The summed E-state index contributed by atoms with van der Waals surface area (Å²) in [5, 5.41) is 0. The third-order valence-corrected chi connectivity index (χ3v) is 3.26. The van der Waals surface area contributed by atoms with E-state index in [4.69, 9.17) is 4.74 Å². The van der Waals surface area contributed by atoms with Crippen molar-refractivity contribution in [3.63, 3.8) is 0 Å². The van der Waals surface area contributed by atoms with Gasteiger partial charge in [-0.15, -0.1) is 0 Å². The lowest BCUT2D eigenvalue weighted by atomic mass is 10.1. The third kappa shape index (κ3) is 1.73. The maximum atomic E-state index is 5.63. The maximum absolute atomic E-state index is 5.63. The van der Waals surface area contributed by atoms with Crippen molar-refractivity contribution in [3.05, 3.63) is 11.8 Å². The van der Waals surface area contributed by atoms with Crippen LogP contribution in [0, 0.1) is 5.92 Å². The van der Waals surface area contributed by atoms with Crippen LogP contribution in [0.3, 0.4) is 0 Å². The second-order valence-electron chi connectivity index (χ2n) is 3.80. The van der Waals surface area contributed by atoms with Gasteiger partial charge in [0.1, 0.15) is 5.72 Å². The van der Waals surface area contributed by atoms with Gasteiger partial charge in [0.2, 0.25) is 0 Å². The van der Waals surface area contributed by atoms with Crippen molar-refractivity contribution >= 4 is 0 Å². The molecule has 0 aliphatic heterocycles. The highest BCUT2D eigenvalue weighted by Crippen LogP contribution is 2.37. The monoisotopic (exact) mass is 183 g/mol. The molecule has 0 spiro atoms. The van der Waals surface area contributed by atoms with Crippen molar-refractivity contribution in [1.29, 1.82) is 0 Å². The van der Waals surface area contributed by atoms with E-state index in [2.05, 4.69) is 38.8 Å². The number of hydrogen-bond acceptors (Lipinski definition) is 2. The molecular formula is C11H21NO. The highest BCUT2D eigenvalue weighted by atomic mass is 16.5. The topological polar surface area (TPSA) is 12.5 Å². The van der Waals surface area contributed by atoms with Crippen LogP contribution in [0.15, 0.2) is 11.8 Å². The summed E-state index contributed by atoms with van der Waals surface area (Å²) >= 11 is 0. The first kappa shape index (κ1) is 10.6. The zero-order chi connectivity index (χ0) is 10.1. The molecule has 76 valence electrons. The molecule has 1 unspecified atom stereocenters. The van der Waals surface area contributed by atoms with Crippen molar-refractivity contribution in [3.8, 4) is 0 Å². The summed E-state index contributed by atoms with van der Waals surface area (Å²) < 4.78 is 5.63. The van der Waals surface area contributed by atoms with E-state index in [9.17, 15) is 0 Å². The summed E-state index contributed by atoms with van der Waals surface area (Å²) in [5.41, 5.74) is 1.34. The molecule has 0 N–H and O–H groups in total. The largest absolute Gasteiger partial charge is 0.359 e. The van der Waals surface area contributed by atoms with E-state index in [-0.39, 0.29) is 5.72 Å². The molecule has 1 aliphatic rings. The lowest BCUT2D eigenvalue weighted by Gasteiger charge is -2.40. The summed E-state index contributed by atoms with van der Waals surface area (Å²) in [7, 11) is 3.93. The Morgan fingerprint density at radius 3 is 2.15 bits per heavy atom. The van der Waals surface area contributed by atoms with E-state index in [1.54, 1.807) is 7.11 Å². The summed E-state index contributed by atoms with van der Waals surface area (Å²) in [6, 6.07) is 0. The Morgan fingerprint density at radius 1 is 1.46 bits per heavy atom. The van der Waals surface area contributed by atoms with Crippen LogP contribution >= 0.6 is 0 Å². The van der Waals surface area contributed by atoms with Crippen molar-refractivity contribution in [2.45, 2.75) is 39.3 Å². The minimum atomic E-state index is -0.0867. The summed E-state index contributed by atoms with van der Waals surface area (Å²) in [5.74, 6) is 0.651. The third-order valence-electron chi connectivity index (χ3n) is 3.26. The Bertz CT molecular complexity index is 198. The molecule has 1 atom stereocenters. The maximum Gasteiger partial charge on any atom is 0.139 e. The molecule has 0 amide bonds. The average Bonchev–Trinajstić information content (AvgIpc) is 2.86. The molecule has 0 aromatic rings. The second kappa shape index (κ2) is 3.70. The van der Waals surface area contributed by atoms with Gasteiger partial charge in [-0.1, -0.05) is 26.8 Å². The van der Waals surface area contributed by atoms with E-state index >= 15 is 0 Å². The predicted octanol–water partition coefficient (Wildman–Crippen LogP) is 2.61. The van der Waals surface area contributed by atoms with Crippen LogP contribution in [0.5, 0.6) is 0 Å². The van der Waals surface area contributed by atoms with E-state index in [1.165, 1.54) is 5.70 Å². The average molecular weight is 183 g/mol. The first-order chi connectivity index (χ1) is 6.11. The Labute approximate surface area is 81.6 Å². The molecule has 0 saturated carbocycles. The Kier molecular flexibility index (Phi) is 3.01. The van der Waals surface area contributed by atoms with Gasteiger partial charge in [-0.25, -0.2) is 0 Å². The number of rotatable bonds is 5. The molecule has 0 fully saturated rings. The van der Waals surface area contributed by atoms with E-state index in [1.807, 2.05) is 0 Å². The van der Waals surface area contributed by atoms with Gasteiger partial charge in [-0.2, -0.15) is 0 Å². The minimum Gasteiger partial charge on any atom is -0.359 e. The first-order valence-corrected chi connectivity index (χ1v) is 5.12. The molecule has 0 radical (unpaired) electrons. The molecule has 0 bridgehead atoms. The van der Waals surface area contributed by atoms with Gasteiger partial charge >= 0.3 is 0 Å². The van der Waals surface area contributed by atoms with Gasteiger partial charge in [0.25, 0.3) is 0 Å². The summed E-state index contributed by atoms with van der Waals surface area (Å²) in [6.07, 6.45) is 4.33. The molecule has 2 nitrogen and oxygen atoms in total. The summed E-state index contributed by atoms with van der Waals surface area (Å²) in [4.78, 5) is 2.29. The molecule has 0 aromatic carbocycles. The van der Waals surface area contributed by atoms with Crippen LogP contribution in [-0.4, -0.2) is 24.8 Å². The molecule has 2 heteroatoms. The smallest absolute Gasteiger partial charge is 0.139 e. The standard InChI is InChI=1S/C11H21NO/c1-6-11(7-2,13-5)12(4)10-8-9(10)3/h8-9H,6-7H2,1-5H3. The zero-order valence-corrected chi connectivity index (χ0v) is 9.42. The second-order valence-corrected chi connectivity index (χ2v) is 3.80. The molecule has 0 aromatic heterocycles. The molecule has 0 saturated heterocycles. The number of methoxy groups -OCH3 is 1. The SMILES string of the molecule is CCC(CC)(OC)N(C)C1=CC1C. The molecule has 0 heterocycles. The lowest BCUT2D eigenvalue weighted by Crippen LogP contribution is -2.45. The zero-order valence-electron chi connectivity index (χ0n) is 9.42.